The standard InChI is InChI=1S/2ClH.Mn.W/h2*1H;;/q;;2*+1/p-2. The zero-order chi connectivity index (χ0) is 4.00. The summed E-state index contributed by atoms with van der Waals surface area (Å²) in [6.45, 7) is 0. The van der Waals surface area contributed by atoms with E-state index in [4.69, 9.17) is 9.42 Å². The Morgan fingerprint density at radius 1 is 1.25 bits per heavy atom. The Morgan fingerprint density at radius 3 is 1.25 bits per heavy atom. The average molecular weight is 310 g/mol. The van der Waals surface area contributed by atoms with Crippen LogP contribution in [0.2, 0.25) is 0 Å². The van der Waals surface area contributed by atoms with E-state index >= 15 is 0 Å². The molecule has 0 aliphatic carbocycles. The molecule has 0 heterocycles. The Labute approximate surface area is 53.1 Å². The third-order valence-corrected chi connectivity index (χ3v) is 0. The molecule has 0 spiro atoms. The van der Waals surface area contributed by atoms with E-state index in [0.717, 1.165) is 18.8 Å². The van der Waals surface area contributed by atoms with Gasteiger partial charge in [0.2, 0.25) is 0 Å². The summed E-state index contributed by atoms with van der Waals surface area (Å²) < 4.78 is 0. The molecule has 0 aromatic heterocycles. The molecule has 0 fully saturated rings. The summed E-state index contributed by atoms with van der Waals surface area (Å²) in [5, 5.41) is 0. The van der Waals surface area contributed by atoms with Crippen molar-refractivity contribution < 1.29 is 33.9 Å². The first kappa shape index (κ1) is 9.25. The van der Waals surface area contributed by atoms with Gasteiger partial charge in [0.1, 0.15) is 0 Å². The second-order valence-corrected chi connectivity index (χ2v) is 0. The normalized spacial score (nSPS) is 2.75. The van der Waals surface area contributed by atoms with Crippen LogP contribution in [0.5, 0.6) is 0 Å². The van der Waals surface area contributed by atoms with Crippen LogP contribution in [0.3, 0.4) is 0 Å². The zero-order valence-corrected chi connectivity index (χ0v) is 7.17. The van der Waals surface area contributed by atoms with Gasteiger partial charge in [-0.1, -0.05) is 0 Å². The van der Waals surface area contributed by atoms with E-state index in [9.17, 15) is 0 Å². The van der Waals surface area contributed by atoms with Crippen molar-refractivity contribution in [1.29, 1.82) is 0 Å². The zero-order valence-electron chi connectivity index (χ0n) is 1.54. The molecule has 0 aromatic rings. The molecule has 0 nitrogen and oxygen atoms in total. The maximum atomic E-state index is 4.72. The van der Waals surface area contributed by atoms with E-state index in [2.05, 4.69) is 25.2 Å². The van der Waals surface area contributed by atoms with Gasteiger partial charge in [-0.15, -0.1) is 0 Å². The number of hydrogen-bond acceptors (Lipinski definition) is 0. The fourth-order valence-corrected chi connectivity index (χ4v) is 0. The van der Waals surface area contributed by atoms with Gasteiger partial charge < -0.3 is 0 Å². The van der Waals surface area contributed by atoms with Crippen molar-refractivity contribution in [2.75, 3.05) is 0 Å². The van der Waals surface area contributed by atoms with Crippen molar-refractivity contribution in [3.63, 3.8) is 0 Å². The first-order chi connectivity index (χ1) is 2.00. The summed E-state index contributed by atoms with van der Waals surface area (Å²) in [4.78, 5) is 0. The molecular formula is Cl2MnW. The summed E-state index contributed by atoms with van der Waals surface area (Å²) in [7, 11) is 9.17. The predicted octanol–water partition coefficient (Wildman–Crippen LogP) is 1.37. The van der Waals surface area contributed by atoms with Gasteiger partial charge in [0.25, 0.3) is 0 Å². The van der Waals surface area contributed by atoms with E-state index in [0.29, 0.717) is 0 Å². The fourth-order valence-electron chi connectivity index (χ4n) is 0. The summed E-state index contributed by atoms with van der Waals surface area (Å²) in [6, 6.07) is 0. The van der Waals surface area contributed by atoms with Gasteiger partial charge in [0.05, 0.1) is 0 Å². The van der Waals surface area contributed by atoms with Crippen LogP contribution in [0, 0.1) is 0 Å². The Kier molecular flexibility index (Phi) is 49.7. The van der Waals surface area contributed by atoms with Crippen LogP contribution >= 0.6 is 19.5 Å². The Morgan fingerprint density at radius 2 is 1.25 bits per heavy atom. The maximum absolute atomic E-state index is 4.72. The van der Waals surface area contributed by atoms with Gasteiger partial charge in [0, 0.05) is 0 Å². The van der Waals surface area contributed by atoms with E-state index in [-0.39, 0.29) is 0 Å². The first-order valence-corrected chi connectivity index (χ1v) is 5.56. The minimum absolute atomic E-state index is 1.06. The molecule has 0 amide bonds. The molecule has 0 saturated carbocycles. The molecule has 4 heteroatoms. The number of rotatable bonds is 0. The minimum atomic E-state index is 1.06. The van der Waals surface area contributed by atoms with Crippen LogP contribution in [-0.4, -0.2) is 0 Å². The molecule has 4 heavy (non-hydrogen) atoms. The third kappa shape index (κ3) is 9.21. The second-order valence-electron chi connectivity index (χ2n) is 0. The Hall–Kier alpha value is 1.79. The van der Waals surface area contributed by atoms with Crippen LogP contribution in [0.1, 0.15) is 0 Å². The summed E-state index contributed by atoms with van der Waals surface area (Å²) in [6.07, 6.45) is 0. The first-order valence-electron chi connectivity index (χ1n) is 0.297. The van der Waals surface area contributed by atoms with E-state index < -0.39 is 0 Å². The predicted molar refractivity (Wildman–Crippen MR) is 11.7 cm³/mol. The quantitative estimate of drug-likeness (QED) is 0.593. The summed E-state index contributed by atoms with van der Waals surface area (Å²) >= 11 is 3.47. The summed E-state index contributed by atoms with van der Waals surface area (Å²) in [5.41, 5.74) is 0. The molecule has 0 aromatic carbocycles. The van der Waals surface area contributed by atoms with Gasteiger partial charge in [-0.25, -0.2) is 0 Å². The van der Waals surface area contributed by atoms with E-state index in [1.54, 1.807) is 0 Å². The van der Waals surface area contributed by atoms with Crippen molar-refractivity contribution in [2.24, 2.45) is 0 Å². The molecule has 0 unspecified atom stereocenters. The van der Waals surface area contributed by atoms with Crippen molar-refractivity contribution in [2.45, 2.75) is 0 Å². The molecule has 0 aliphatic heterocycles. The van der Waals surface area contributed by atoms with E-state index in [1.807, 2.05) is 0 Å². The average Bonchev–Trinajstić information content (AvgIpc) is 1.50. The van der Waals surface area contributed by atoms with Gasteiger partial charge in [-0.3, -0.25) is 0 Å². The Bertz CT molecular complexity index is 6.00. The number of hydrogen-bond donors (Lipinski definition) is 0. The topological polar surface area (TPSA) is 0 Å². The van der Waals surface area contributed by atoms with Gasteiger partial charge >= 0.3 is 53.4 Å². The van der Waals surface area contributed by atoms with Crippen LogP contribution < -0.4 is 0 Å². The van der Waals surface area contributed by atoms with Crippen LogP contribution in [-0.2, 0) is 33.9 Å². The van der Waals surface area contributed by atoms with Gasteiger partial charge in [-0.05, 0) is 0 Å². The number of halogens is 2. The van der Waals surface area contributed by atoms with Gasteiger partial charge in [-0.2, -0.15) is 0 Å². The molecule has 0 saturated heterocycles. The van der Waals surface area contributed by atoms with E-state index in [1.165, 1.54) is 0 Å². The molecule has 0 N–H and O–H groups in total. The summed E-state index contributed by atoms with van der Waals surface area (Å²) in [5.74, 6) is 0. The molecule has 0 aliphatic rings. The SMILES string of the molecule is [Cl][Mn].[Cl][W]. The van der Waals surface area contributed by atoms with Crippen LogP contribution in [0.15, 0.2) is 0 Å². The van der Waals surface area contributed by atoms with Crippen molar-refractivity contribution in [3.05, 3.63) is 0 Å². The molecule has 0 rings (SSSR count). The van der Waals surface area contributed by atoms with Crippen molar-refractivity contribution in [3.8, 4) is 0 Å². The third-order valence-electron chi connectivity index (χ3n) is 0. The molecule has 27 valence electrons. The molecule has 0 atom stereocenters. The monoisotopic (exact) mass is 309 g/mol. The fraction of sp³-hybridized carbons (Fsp3) is 0. The van der Waals surface area contributed by atoms with Crippen molar-refractivity contribution >= 4 is 19.5 Å². The Balaban J connectivity index is 0. The van der Waals surface area contributed by atoms with Crippen molar-refractivity contribution in [1.82, 2.24) is 0 Å². The molecule has 0 radical (unpaired) electrons. The van der Waals surface area contributed by atoms with Crippen LogP contribution in [0.4, 0.5) is 0 Å². The molecular weight excluding hydrogens is 310 g/mol. The molecule has 0 bridgehead atoms. The van der Waals surface area contributed by atoms with Crippen LogP contribution in [0.25, 0.3) is 0 Å². The van der Waals surface area contributed by atoms with Gasteiger partial charge in [0.15, 0.2) is 0 Å². The second kappa shape index (κ2) is 21.5.